The minimum atomic E-state index is -1.28. The highest BCUT2D eigenvalue weighted by Crippen LogP contribution is 2.24. The van der Waals surface area contributed by atoms with Crippen LogP contribution in [0.4, 0.5) is 8.78 Å². The third kappa shape index (κ3) is 3.14. The molecule has 0 bridgehead atoms. The molecule has 0 saturated heterocycles. The Kier molecular flexibility index (Phi) is 4.34. The second-order valence-electron chi connectivity index (χ2n) is 3.96. The molecule has 0 unspecified atom stereocenters. The zero-order valence-corrected chi connectivity index (χ0v) is 11.7. The fourth-order valence-electron chi connectivity index (χ4n) is 1.61. The van der Waals surface area contributed by atoms with Crippen LogP contribution in [0, 0.1) is 11.6 Å². The fraction of sp³-hybridized carbons (Fsp3) is 0.0714. The van der Waals surface area contributed by atoms with Crippen LogP contribution >= 0.6 is 15.9 Å². The molecule has 2 aromatic carbocycles. The second kappa shape index (κ2) is 6.00. The molecule has 2 aromatic rings. The number of benzene rings is 2. The van der Waals surface area contributed by atoms with Crippen LogP contribution in [0.2, 0.25) is 0 Å². The Morgan fingerprint density at radius 3 is 2.60 bits per heavy atom. The number of rotatable bonds is 4. The maximum absolute atomic E-state index is 13.6. The summed E-state index contributed by atoms with van der Waals surface area (Å²) in [5.74, 6) is -2.79. The van der Waals surface area contributed by atoms with Crippen molar-refractivity contribution in [1.82, 2.24) is 0 Å². The number of carbonyl (C=O) groups is 1. The Hall–Kier alpha value is -1.95. The Bertz CT molecular complexity index is 659. The summed E-state index contributed by atoms with van der Waals surface area (Å²) in [5.41, 5.74) is 0.323. The van der Waals surface area contributed by atoms with Crippen molar-refractivity contribution in [3.8, 4) is 5.75 Å². The minimum absolute atomic E-state index is 0.0694. The van der Waals surface area contributed by atoms with Gasteiger partial charge in [0.25, 0.3) is 0 Å². The number of halogens is 3. The number of hydrogen-bond donors (Lipinski definition) is 1. The van der Waals surface area contributed by atoms with E-state index in [0.717, 1.165) is 6.07 Å². The number of hydrogen-bond acceptors (Lipinski definition) is 2. The lowest BCUT2D eigenvalue weighted by Crippen LogP contribution is -2.05. The van der Waals surface area contributed by atoms with Gasteiger partial charge in [-0.05, 0) is 45.8 Å². The maximum Gasteiger partial charge on any atom is 0.339 e. The molecule has 0 spiro atoms. The monoisotopic (exact) mass is 342 g/mol. The van der Waals surface area contributed by atoms with Crippen molar-refractivity contribution in [2.75, 3.05) is 0 Å². The predicted octanol–water partition coefficient (Wildman–Crippen LogP) is 4.00. The largest absolute Gasteiger partial charge is 0.485 e. The number of carboxylic acids is 1. The molecule has 0 saturated carbocycles. The summed E-state index contributed by atoms with van der Waals surface area (Å²) in [4.78, 5) is 11.0. The summed E-state index contributed by atoms with van der Waals surface area (Å²) in [6.45, 7) is -0.0694. The van der Waals surface area contributed by atoms with E-state index < -0.39 is 17.6 Å². The highest BCUT2D eigenvalue weighted by molar-refractivity contribution is 9.10. The van der Waals surface area contributed by atoms with Gasteiger partial charge in [-0.15, -0.1) is 0 Å². The SMILES string of the molecule is O=C(O)c1cccc(F)c1OCc1ccc(F)c(Br)c1. The zero-order valence-electron chi connectivity index (χ0n) is 10.1. The first-order valence-electron chi connectivity index (χ1n) is 5.57. The first kappa shape index (κ1) is 14.5. The van der Waals surface area contributed by atoms with Gasteiger partial charge in [0, 0.05) is 0 Å². The van der Waals surface area contributed by atoms with Crippen LogP contribution in [0.15, 0.2) is 40.9 Å². The van der Waals surface area contributed by atoms with Crippen LogP contribution in [-0.4, -0.2) is 11.1 Å². The maximum atomic E-state index is 13.6. The molecule has 0 heterocycles. The average Bonchev–Trinajstić information content (AvgIpc) is 2.40. The molecule has 0 amide bonds. The highest BCUT2D eigenvalue weighted by Gasteiger charge is 2.15. The summed E-state index contributed by atoms with van der Waals surface area (Å²) in [7, 11) is 0. The molecule has 1 N–H and O–H groups in total. The predicted molar refractivity (Wildman–Crippen MR) is 71.8 cm³/mol. The molecule has 0 aliphatic rings. The molecule has 6 heteroatoms. The van der Waals surface area contributed by atoms with E-state index in [0.29, 0.717) is 5.56 Å². The molecule has 20 heavy (non-hydrogen) atoms. The van der Waals surface area contributed by atoms with E-state index in [9.17, 15) is 13.6 Å². The Balaban J connectivity index is 2.22. The zero-order chi connectivity index (χ0) is 14.7. The van der Waals surface area contributed by atoms with Gasteiger partial charge in [-0.25, -0.2) is 13.6 Å². The van der Waals surface area contributed by atoms with E-state index in [-0.39, 0.29) is 22.4 Å². The van der Waals surface area contributed by atoms with E-state index >= 15 is 0 Å². The number of para-hydroxylation sites is 1. The van der Waals surface area contributed by atoms with E-state index in [2.05, 4.69) is 15.9 Å². The van der Waals surface area contributed by atoms with Gasteiger partial charge in [-0.3, -0.25) is 0 Å². The lowest BCUT2D eigenvalue weighted by Gasteiger charge is -2.10. The van der Waals surface area contributed by atoms with Crippen molar-refractivity contribution in [2.24, 2.45) is 0 Å². The smallest absolute Gasteiger partial charge is 0.339 e. The van der Waals surface area contributed by atoms with Crippen molar-refractivity contribution in [3.05, 3.63) is 63.6 Å². The summed E-state index contributed by atoms with van der Waals surface area (Å²) in [6, 6.07) is 7.85. The van der Waals surface area contributed by atoms with E-state index in [4.69, 9.17) is 9.84 Å². The van der Waals surface area contributed by atoms with Gasteiger partial charge in [0.15, 0.2) is 11.6 Å². The van der Waals surface area contributed by atoms with Crippen molar-refractivity contribution in [1.29, 1.82) is 0 Å². The molecule has 3 nitrogen and oxygen atoms in total. The van der Waals surface area contributed by atoms with Gasteiger partial charge in [0.1, 0.15) is 18.0 Å². The van der Waals surface area contributed by atoms with E-state index in [1.165, 1.54) is 30.3 Å². The summed E-state index contributed by atoms with van der Waals surface area (Å²) in [6.07, 6.45) is 0. The number of aromatic carboxylic acids is 1. The number of ether oxygens (including phenoxy) is 1. The normalized spacial score (nSPS) is 10.3. The van der Waals surface area contributed by atoms with Crippen molar-refractivity contribution in [2.45, 2.75) is 6.61 Å². The average molecular weight is 343 g/mol. The lowest BCUT2D eigenvalue weighted by atomic mass is 10.2. The molecular formula is C14H9BrF2O3. The van der Waals surface area contributed by atoms with Crippen molar-refractivity contribution < 1.29 is 23.4 Å². The summed E-state index contributed by atoms with van der Waals surface area (Å²) in [5, 5.41) is 8.96. The molecule has 0 aromatic heterocycles. The van der Waals surface area contributed by atoms with Gasteiger partial charge in [0.2, 0.25) is 0 Å². The first-order valence-corrected chi connectivity index (χ1v) is 6.37. The molecule has 0 fully saturated rings. The van der Waals surface area contributed by atoms with Gasteiger partial charge in [0.05, 0.1) is 4.47 Å². The quantitative estimate of drug-likeness (QED) is 0.913. The van der Waals surface area contributed by atoms with Gasteiger partial charge in [-0.1, -0.05) is 12.1 Å². The lowest BCUT2D eigenvalue weighted by molar-refractivity contribution is 0.0690. The summed E-state index contributed by atoms with van der Waals surface area (Å²) < 4.78 is 32.1. The Morgan fingerprint density at radius 2 is 1.95 bits per heavy atom. The fourth-order valence-corrected chi connectivity index (χ4v) is 2.04. The van der Waals surface area contributed by atoms with Crippen molar-refractivity contribution in [3.63, 3.8) is 0 Å². The molecule has 2 rings (SSSR count). The molecule has 0 atom stereocenters. The van der Waals surface area contributed by atoms with E-state index in [1.807, 2.05) is 0 Å². The van der Waals surface area contributed by atoms with Crippen LogP contribution in [0.25, 0.3) is 0 Å². The van der Waals surface area contributed by atoms with Crippen molar-refractivity contribution >= 4 is 21.9 Å². The Morgan fingerprint density at radius 1 is 1.20 bits per heavy atom. The van der Waals surface area contributed by atoms with Gasteiger partial charge >= 0.3 is 5.97 Å². The van der Waals surface area contributed by atoms with Crippen LogP contribution in [0.1, 0.15) is 15.9 Å². The first-order chi connectivity index (χ1) is 9.49. The minimum Gasteiger partial charge on any atom is -0.485 e. The van der Waals surface area contributed by atoms with Crippen LogP contribution < -0.4 is 4.74 Å². The topological polar surface area (TPSA) is 46.5 Å². The van der Waals surface area contributed by atoms with Crippen LogP contribution in [0.3, 0.4) is 0 Å². The standard InChI is InChI=1S/C14H9BrF2O3/c15-10-6-8(4-5-11(10)16)7-20-13-9(14(18)19)2-1-3-12(13)17/h1-6H,7H2,(H,18,19). The molecule has 104 valence electrons. The third-order valence-electron chi connectivity index (χ3n) is 2.56. The summed E-state index contributed by atoms with van der Waals surface area (Å²) >= 11 is 3.03. The third-order valence-corrected chi connectivity index (χ3v) is 3.17. The molecule has 0 aliphatic carbocycles. The number of carboxylic acid groups (broad SMARTS) is 1. The second-order valence-corrected chi connectivity index (χ2v) is 4.81. The van der Waals surface area contributed by atoms with Crippen LogP contribution in [0.5, 0.6) is 5.75 Å². The molecule has 0 radical (unpaired) electrons. The van der Waals surface area contributed by atoms with Gasteiger partial charge < -0.3 is 9.84 Å². The molecule has 0 aliphatic heterocycles. The highest BCUT2D eigenvalue weighted by atomic mass is 79.9. The van der Waals surface area contributed by atoms with Crippen LogP contribution in [-0.2, 0) is 6.61 Å². The molecular weight excluding hydrogens is 334 g/mol. The van der Waals surface area contributed by atoms with E-state index in [1.54, 1.807) is 0 Å². The Labute approximate surface area is 121 Å². The van der Waals surface area contributed by atoms with Gasteiger partial charge in [-0.2, -0.15) is 0 Å².